The second kappa shape index (κ2) is 5.50. The molecular formula is C12H12BrN3O3. The summed E-state index contributed by atoms with van der Waals surface area (Å²) in [6, 6.07) is 4.21. The fraction of sp³-hybridized carbons (Fsp3) is 0.250. The average Bonchev–Trinajstić information content (AvgIpc) is 2.36. The van der Waals surface area contributed by atoms with Gasteiger partial charge in [-0.2, -0.15) is 0 Å². The van der Waals surface area contributed by atoms with Crippen LogP contribution in [0.1, 0.15) is 12.6 Å². The molecule has 0 spiro atoms. The molecule has 0 fully saturated rings. The van der Waals surface area contributed by atoms with Crippen LogP contribution >= 0.6 is 15.9 Å². The Morgan fingerprint density at radius 3 is 3.00 bits per heavy atom. The van der Waals surface area contributed by atoms with Gasteiger partial charge in [-0.15, -0.1) is 0 Å². The number of pyridine rings is 1. The number of fused-ring (bicyclic) bond motifs is 1. The van der Waals surface area contributed by atoms with Crippen LogP contribution in [0.2, 0.25) is 0 Å². The van der Waals surface area contributed by atoms with Gasteiger partial charge in [0.25, 0.3) is 5.56 Å². The van der Waals surface area contributed by atoms with Crippen molar-refractivity contribution in [3.8, 4) is 0 Å². The second-order valence-corrected chi connectivity index (χ2v) is 5.02. The van der Waals surface area contributed by atoms with Gasteiger partial charge in [-0.1, -0.05) is 0 Å². The third kappa shape index (κ3) is 3.18. The minimum Gasteiger partial charge on any atom is -0.480 e. The zero-order valence-electron chi connectivity index (χ0n) is 10.1. The molecule has 0 bridgehead atoms. The van der Waals surface area contributed by atoms with Crippen molar-refractivity contribution >= 4 is 27.5 Å². The van der Waals surface area contributed by atoms with Gasteiger partial charge in [-0.25, -0.2) is 4.98 Å². The molecule has 0 saturated heterocycles. The van der Waals surface area contributed by atoms with E-state index in [1.54, 1.807) is 18.3 Å². The third-order valence-electron chi connectivity index (χ3n) is 2.64. The molecule has 2 aromatic heterocycles. The maximum atomic E-state index is 11.9. The second-order valence-electron chi connectivity index (χ2n) is 4.10. The van der Waals surface area contributed by atoms with Crippen molar-refractivity contribution in [3.63, 3.8) is 0 Å². The Bertz CT molecular complexity index is 683. The Morgan fingerprint density at radius 1 is 1.58 bits per heavy atom. The van der Waals surface area contributed by atoms with Crippen LogP contribution in [0.4, 0.5) is 0 Å². The summed E-state index contributed by atoms with van der Waals surface area (Å²) < 4.78 is 2.21. The van der Waals surface area contributed by atoms with Crippen molar-refractivity contribution in [2.45, 2.75) is 19.5 Å². The number of rotatable bonds is 4. The molecule has 2 aromatic rings. The molecule has 2 heterocycles. The van der Waals surface area contributed by atoms with E-state index in [4.69, 9.17) is 5.11 Å². The van der Waals surface area contributed by atoms with E-state index in [0.29, 0.717) is 11.3 Å². The van der Waals surface area contributed by atoms with Crippen LogP contribution in [0.3, 0.4) is 0 Å². The number of hydrogen-bond acceptors (Lipinski definition) is 4. The van der Waals surface area contributed by atoms with Crippen LogP contribution in [-0.4, -0.2) is 26.5 Å². The van der Waals surface area contributed by atoms with Crippen LogP contribution in [0.25, 0.3) is 5.65 Å². The van der Waals surface area contributed by atoms with Crippen molar-refractivity contribution in [1.29, 1.82) is 0 Å². The van der Waals surface area contributed by atoms with Gasteiger partial charge in [0.1, 0.15) is 11.7 Å². The minimum atomic E-state index is -0.943. The highest BCUT2D eigenvalue weighted by atomic mass is 79.9. The van der Waals surface area contributed by atoms with Gasteiger partial charge in [0, 0.05) is 23.3 Å². The van der Waals surface area contributed by atoms with Crippen LogP contribution in [0.5, 0.6) is 0 Å². The lowest BCUT2D eigenvalue weighted by Crippen LogP contribution is -2.33. The lowest BCUT2D eigenvalue weighted by molar-refractivity contribution is -0.139. The number of nitrogens with one attached hydrogen (secondary N) is 1. The first-order valence-corrected chi connectivity index (χ1v) is 6.40. The van der Waals surface area contributed by atoms with Gasteiger partial charge >= 0.3 is 5.97 Å². The molecule has 2 rings (SSSR count). The highest BCUT2D eigenvalue weighted by Crippen LogP contribution is 2.09. The van der Waals surface area contributed by atoms with Crippen molar-refractivity contribution < 1.29 is 9.90 Å². The molecule has 0 aliphatic heterocycles. The normalized spacial score (nSPS) is 12.5. The zero-order chi connectivity index (χ0) is 14.0. The highest BCUT2D eigenvalue weighted by Gasteiger charge is 2.10. The molecule has 2 N–H and O–H groups in total. The quantitative estimate of drug-likeness (QED) is 0.876. The van der Waals surface area contributed by atoms with Crippen LogP contribution in [0, 0.1) is 0 Å². The number of carboxylic acids is 1. The minimum absolute atomic E-state index is 0.203. The Labute approximate surface area is 117 Å². The Kier molecular flexibility index (Phi) is 3.96. The van der Waals surface area contributed by atoms with Crippen molar-refractivity contribution in [2.75, 3.05) is 0 Å². The molecule has 1 atom stereocenters. The molecule has 19 heavy (non-hydrogen) atoms. The first-order chi connectivity index (χ1) is 8.97. The molecule has 0 amide bonds. The van der Waals surface area contributed by atoms with E-state index in [2.05, 4.69) is 26.2 Å². The topological polar surface area (TPSA) is 83.7 Å². The number of nitrogens with zero attached hydrogens (tertiary/aromatic N) is 2. The maximum absolute atomic E-state index is 11.9. The molecule has 0 saturated carbocycles. The predicted octanol–water partition coefficient (Wildman–Crippen LogP) is 1.02. The van der Waals surface area contributed by atoms with E-state index < -0.39 is 12.0 Å². The summed E-state index contributed by atoms with van der Waals surface area (Å²) in [6.07, 6.45) is 1.64. The molecule has 0 aliphatic rings. The van der Waals surface area contributed by atoms with E-state index in [-0.39, 0.29) is 12.1 Å². The number of carbonyl (C=O) groups is 1. The van der Waals surface area contributed by atoms with E-state index in [1.807, 2.05) is 0 Å². The smallest absolute Gasteiger partial charge is 0.320 e. The molecule has 0 aliphatic carbocycles. The molecule has 0 aromatic carbocycles. The number of hydrogen-bond donors (Lipinski definition) is 2. The first-order valence-electron chi connectivity index (χ1n) is 5.61. The standard InChI is InChI=1S/C12H12BrN3O3/c1-7(12(18)19)14-5-9-4-11(17)16-6-8(13)2-3-10(16)15-9/h2-4,6-7,14H,5H2,1H3,(H,18,19)/t7-/m0/s1. The lowest BCUT2D eigenvalue weighted by Gasteiger charge is -2.09. The van der Waals surface area contributed by atoms with Gasteiger partial charge < -0.3 is 5.11 Å². The Balaban J connectivity index is 2.29. The van der Waals surface area contributed by atoms with Gasteiger partial charge in [0.2, 0.25) is 0 Å². The van der Waals surface area contributed by atoms with E-state index in [1.165, 1.54) is 17.4 Å². The Hall–Kier alpha value is -1.73. The summed E-state index contributed by atoms with van der Waals surface area (Å²) in [4.78, 5) is 26.9. The van der Waals surface area contributed by atoms with Gasteiger partial charge in [-0.3, -0.25) is 19.3 Å². The SMILES string of the molecule is C[C@H](NCc1cc(=O)n2cc(Br)ccc2n1)C(=O)O. The number of aromatic nitrogens is 2. The molecule has 0 radical (unpaired) electrons. The summed E-state index contributed by atoms with van der Waals surface area (Å²) in [5.74, 6) is -0.943. The molecule has 7 heteroatoms. The van der Waals surface area contributed by atoms with Gasteiger partial charge in [0.15, 0.2) is 0 Å². The molecule has 0 unspecified atom stereocenters. The first kappa shape index (κ1) is 13.7. The van der Waals surface area contributed by atoms with Crippen LogP contribution < -0.4 is 10.9 Å². The Morgan fingerprint density at radius 2 is 2.32 bits per heavy atom. The van der Waals surface area contributed by atoms with Crippen LogP contribution in [0.15, 0.2) is 33.7 Å². The molecule has 100 valence electrons. The number of halogens is 1. The third-order valence-corrected chi connectivity index (χ3v) is 3.11. The summed E-state index contributed by atoms with van der Waals surface area (Å²) in [5.41, 5.74) is 0.835. The van der Waals surface area contributed by atoms with E-state index in [9.17, 15) is 9.59 Å². The molecule has 6 nitrogen and oxygen atoms in total. The van der Waals surface area contributed by atoms with Gasteiger partial charge in [0.05, 0.1) is 5.69 Å². The fourth-order valence-corrected chi connectivity index (χ4v) is 1.90. The van der Waals surface area contributed by atoms with Crippen LogP contribution in [-0.2, 0) is 11.3 Å². The zero-order valence-corrected chi connectivity index (χ0v) is 11.7. The largest absolute Gasteiger partial charge is 0.480 e. The van der Waals surface area contributed by atoms with Crippen molar-refractivity contribution in [3.05, 3.63) is 44.9 Å². The number of carboxylic acid groups (broad SMARTS) is 1. The molecular weight excluding hydrogens is 314 g/mol. The fourth-order valence-electron chi connectivity index (χ4n) is 1.56. The van der Waals surface area contributed by atoms with E-state index >= 15 is 0 Å². The average molecular weight is 326 g/mol. The van der Waals surface area contributed by atoms with Gasteiger partial charge in [-0.05, 0) is 35.0 Å². The number of aliphatic carboxylic acids is 1. The summed E-state index contributed by atoms with van der Waals surface area (Å²) in [7, 11) is 0. The predicted molar refractivity (Wildman–Crippen MR) is 73.1 cm³/mol. The summed E-state index contributed by atoms with van der Waals surface area (Å²) in [5, 5.41) is 11.5. The van der Waals surface area contributed by atoms with Crippen molar-refractivity contribution in [1.82, 2.24) is 14.7 Å². The monoisotopic (exact) mass is 325 g/mol. The summed E-state index contributed by atoms with van der Waals surface area (Å²) >= 11 is 3.29. The maximum Gasteiger partial charge on any atom is 0.320 e. The summed E-state index contributed by atoms with van der Waals surface area (Å²) in [6.45, 7) is 1.77. The van der Waals surface area contributed by atoms with Crippen molar-refractivity contribution in [2.24, 2.45) is 0 Å². The lowest BCUT2D eigenvalue weighted by atomic mass is 10.3. The highest BCUT2D eigenvalue weighted by molar-refractivity contribution is 9.10. The van der Waals surface area contributed by atoms with E-state index in [0.717, 1.165) is 4.47 Å².